The Hall–Kier alpha value is -2.14. The van der Waals surface area contributed by atoms with E-state index in [-0.39, 0.29) is 11.9 Å². The van der Waals surface area contributed by atoms with Crippen molar-refractivity contribution in [2.24, 2.45) is 0 Å². The summed E-state index contributed by atoms with van der Waals surface area (Å²) in [5.41, 5.74) is 3.41. The molecule has 5 nitrogen and oxygen atoms in total. The third kappa shape index (κ3) is 3.33. The molecule has 0 radical (unpaired) electrons. The fourth-order valence-electron chi connectivity index (χ4n) is 3.91. The molecule has 1 N–H and O–H groups in total. The number of piperidine rings is 1. The zero-order chi connectivity index (χ0) is 17.2. The van der Waals surface area contributed by atoms with Crippen LogP contribution in [0.5, 0.6) is 0 Å². The Balaban J connectivity index is 1.47. The molecule has 1 saturated heterocycles. The number of hydrogen-bond acceptors (Lipinski definition) is 3. The fraction of sp³-hybridized carbons (Fsp3) is 0.500. The number of hydrogen-bond donors (Lipinski definition) is 1. The lowest BCUT2D eigenvalue weighted by Crippen LogP contribution is -2.49. The molecule has 1 aromatic carbocycles. The van der Waals surface area contributed by atoms with Crippen LogP contribution in [0, 0.1) is 0 Å². The standard InChI is InChI=1S/C20H26N4O/c1-15(20(25)23-11-6-3-7-12-23)24-13-10-17-18(14-24)22-19(21-17)16-8-4-2-5-9-16/h2,4-5,8-9,15H,3,6-7,10-14H2,1H3,(H,21,22)/t15-/m1/s1. The van der Waals surface area contributed by atoms with Crippen molar-refractivity contribution in [2.45, 2.75) is 45.2 Å². The molecule has 1 aromatic heterocycles. The van der Waals surface area contributed by atoms with Gasteiger partial charge in [-0.3, -0.25) is 9.69 Å². The molecule has 25 heavy (non-hydrogen) atoms. The molecule has 1 fully saturated rings. The molecule has 0 unspecified atom stereocenters. The highest BCUT2D eigenvalue weighted by atomic mass is 16.2. The zero-order valence-corrected chi connectivity index (χ0v) is 14.9. The molecule has 2 aliphatic heterocycles. The third-order valence-electron chi connectivity index (χ3n) is 5.48. The van der Waals surface area contributed by atoms with Crippen molar-refractivity contribution in [2.75, 3.05) is 19.6 Å². The second-order valence-corrected chi connectivity index (χ2v) is 7.16. The molecule has 4 rings (SSSR count). The van der Waals surface area contributed by atoms with E-state index in [1.165, 1.54) is 6.42 Å². The third-order valence-corrected chi connectivity index (χ3v) is 5.48. The summed E-state index contributed by atoms with van der Waals surface area (Å²) in [5.74, 6) is 1.22. The quantitative estimate of drug-likeness (QED) is 0.936. The van der Waals surface area contributed by atoms with Crippen LogP contribution in [0.1, 0.15) is 37.6 Å². The Kier molecular flexibility index (Phi) is 4.57. The number of aromatic amines is 1. The van der Waals surface area contributed by atoms with Crippen LogP contribution in [-0.2, 0) is 17.8 Å². The molecule has 2 aromatic rings. The predicted molar refractivity (Wildman–Crippen MR) is 98.0 cm³/mol. The minimum atomic E-state index is -0.0604. The van der Waals surface area contributed by atoms with Crippen molar-refractivity contribution in [1.29, 1.82) is 0 Å². The number of benzene rings is 1. The number of fused-ring (bicyclic) bond motifs is 1. The van der Waals surface area contributed by atoms with E-state index in [9.17, 15) is 4.79 Å². The monoisotopic (exact) mass is 338 g/mol. The van der Waals surface area contributed by atoms with Crippen LogP contribution < -0.4 is 0 Å². The molecule has 0 aliphatic carbocycles. The number of imidazole rings is 1. The molecule has 3 heterocycles. The Bertz CT molecular complexity index is 733. The molecule has 2 aliphatic rings. The van der Waals surface area contributed by atoms with E-state index in [0.717, 1.165) is 68.2 Å². The highest BCUT2D eigenvalue weighted by Gasteiger charge is 2.30. The Morgan fingerprint density at radius 2 is 1.88 bits per heavy atom. The normalized spacial score (nSPS) is 19.5. The maximum atomic E-state index is 12.8. The minimum absolute atomic E-state index is 0.0604. The molecule has 1 amide bonds. The average Bonchev–Trinajstić information content (AvgIpc) is 3.11. The fourth-order valence-corrected chi connectivity index (χ4v) is 3.91. The van der Waals surface area contributed by atoms with Gasteiger partial charge in [0.25, 0.3) is 0 Å². The number of H-pyrrole nitrogens is 1. The Morgan fingerprint density at radius 3 is 2.64 bits per heavy atom. The minimum Gasteiger partial charge on any atom is -0.341 e. The van der Waals surface area contributed by atoms with Crippen molar-refractivity contribution >= 4 is 5.91 Å². The van der Waals surface area contributed by atoms with Gasteiger partial charge in [-0.1, -0.05) is 30.3 Å². The van der Waals surface area contributed by atoms with Gasteiger partial charge in [0.2, 0.25) is 5.91 Å². The number of rotatable bonds is 3. The highest BCUT2D eigenvalue weighted by Crippen LogP contribution is 2.24. The van der Waals surface area contributed by atoms with Gasteiger partial charge in [0, 0.05) is 38.2 Å². The lowest BCUT2D eigenvalue weighted by molar-refractivity contribution is -0.137. The molecular formula is C20H26N4O. The topological polar surface area (TPSA) is 52.2 Å². The van der Waals surface area contributed by atoms with Crippen LogP contribution in [0.4, 0.5) is 0 Å². The summed E-state index contributed by atoms with van der Waals surface area (Å²) in [4.78, 5) is 25.4. The SMILES string of the molecule is C[C@H](C(=O)N1CCCCC1)N1CCc2nc(-c3ccccc3)[nH]c2C1. The second kappa shape index (κ2) is 7.00. The zero-order valence-electron chi connectivity index (χ0n) is 14.9. The first-order valence-electron chi connectivity index (χ1n) is 9.38. The van der Waals surface area contributed by atoms with Gasteiger partial charge < -0.3 is 9.88 Å². The van der Waals surface area contributed by atoms with Crippen molar-refractivity contribution in [3.63, 3.8) is 0 Å². The van der Waals surface area contributed by atoms with E-state index in [4.69, 9.17) is 4.98 Å². The second-order valence-electron chi connectivity index (χ2n) is 7.16. The van der Waals surface area contributed by atoms with Gasteiger partial charge in [-0.15, -0.1) is 0 Å². The number of amides is 1. The molecule has 0 saturated carbocycles. The van der Waals surface area contributed by atoms with Gasteiger partial charge in [0.05, 0.1) is 17.4 Å². The highest BCUT2D eigenvalue weighted by molar-refractivity contribution is 5.81. The lowest BCUT2D eigenvalue weighted by Gasteiger charge is -2.35. The maximum Gasteiger partial charge on any atom is 0.239 e. The lowest BCUT2D eigenvalue weighted by atomic mass is 10.1. The molecule has 132 valence electrons. The summed E-state index contributed by atoms with van der Waals surface area (Å²) in [6.45, 7) is 5.56. The largest absolute Gasteiger partial charge is 0.341 e. The van der Waals surface area contributed by atoms with Gasteiger partial charge in [0.15, 0.2) is 0 Å². The number of carbonyl (C=O) groups excluding carboxylic acids is 1. The summed E-state index contributed by atoms with van der Waals surface area (Å²) >= 11 is 0. The van der Waals surface area contributed by atoms with E-state index in [1.807, 2.05) is 23.1 Å². The predicted octanol–water partition coefficient (Wildman–Crippen LogP) is 2.84. The van der Waals surface area contributed by atoms with Crippen molar-refractivity contribution < 1.29 is 4.79 Å². The van der Waals surface area contributed by atoms with Crippen molar-refractivity contribution in [3.05, 3.63) is 41.7 Å². The van der Waals surface area contributed by atoms with Crippen LogP contribution in [0.15, 0.2) is 30.3 Å². The van der Waals surface area contributed by atoms with E-state index in [1.54, 1.807) is 0 Å². The number of carbonyl (C=O) groups is 1. The molecule has 0 spiro atoms. The van der Waals surface area contributed by atoms with E-state index < -0.39 is 0 Å². The van der Waals surface area contributed by atoms with Crippen LogP contribution in [0.3, 0.4) is 0 Å². The molecule has 0 bridgehead atoms. The number of nitrogens with zero attached hydrogens (tertiary/aromatic N) is 3. The number of aromatic nitrogens is 2. The van der Waals surface area contributed by atoms with Crippen molar-refractivity contribution in [1.82, 2.24) is 19.8 Å². The molecular weight excluding hydrogens is 312 g/mol. The van der Waals surface area contributed by atoms with E-state index in [0.29, 0.717) is 0 Å². The molecule has 1 atom stereocenters. The number of likely N-dealkylation sites (tertiary alicyclic amines) is 1. The van der Waals surface area contributed by atoms with Gasteiger partial charge in [-0.25, -0.2) is 4.98 Å². The first-order chi connectivity index (χ1) is 12.2. The van der Waals surface area contributed by atoms with Gasteiger partial charge >= 0.3 is 0 Å². The van der Waals surface area contributed by atoms with Crippen LogP contribution in [0.2, 0.25) is 0 Å². The summed E-state index contributed by atoms with van der Waals surface area (Å²) < 4.78 is 0. The first-order valence-corrected chi connectivity index (χ1v) is 9.38. The first kappa shape index (κ1) is 16.3. The summed E-state index contributed by atoms with van der Waals surface area (Å²) in [6, 6.07) is 10.2. The van der Waals surface area contributed by atoms with Crippen molar-refractivity contribution in [3.8, 4) is 11.4 Å². The summed E-state index contributed by atoms with van der Waals surface area (Å²) in [7, 11) is 0. The van der Waals surface area contributed by atoms with Gasteiger partial charge in [0.1, 0.15) is 5.82 Å². The molecule has 5 heteroatoms. The Labute approximate surface area is 149 Å². The Morgan fingerprint density at radius 1 is 1.12 bits per heavy atom. The van der Waals surface area contributed by atoms with Gasteiger partial charge in [-0.05, 0) is 26.2 Å². The van der Waals surface area contributed by atoms with Crippen LogP contribution in [0.25, 0.3) is 11.4 Å². The maximum absolute atomic E-state index is 12.8. The average molecular weight is 338 g/mol. The van der Waals surface area contributed by atoms with Gasteiger partial charge in [-0.2, -0.15) is 0 Å². The summed E-state index contributed by atoms with van der Waals surface area (Å²) in [5, 5.41) is 0. The van der Waals surface area contributed by atoms with Crippen LogP contribution >= 0.6 is 0 Å². The number of nitrogens with one attached hydrogen (secondary N) is 1. The summed E-state index contributed by atoms with van der Waals surface area (Å²) in [6.07, 6.45) is 4.44. The van der Waals surface area contributed by atoms with E-state index in [2.05, 4.69) is 28.9 Å². The van der Waals surface area contributed by atoms with Crippen LogP contribution in [-0.4, -0.2) is 51.4 Å². The smallest absolute Gasteiger partial charge is 0.239 e. The van der Waals surface area contributed by atoms with E-state index >= 15 is 0 Å².